The van der Waals surface area contributed by atoms with Crippen LogP contribution in [0.4, 0.5) is 0 Å². The van der Waals surface area contributed by atoms with E-state index < -0.39 is 0 Å². The maximum atomic E-state index is 3.65. The van der Waals surface area contributed by atoms with Crippen molar-refractivity contribution >= 4 is 0 Å². The van der Waals surface area contributed by atoms with Gasteiger partial charge in [-0.25, -0.2) is 0 Å². The Labute approximate surface area is 115 Å². The van der Waals surface area contributed by atoms with Crippen molar-refractivity contribution in [3.8, 4) is 0 Å². The molecule has 0 radical (unpaired) electrons. The summed E-state index contributed by atoms with van der Waals surface area (Å²) in [5.41, 5.74) is 4.26. The lowest BCUT2D eigenvalue weighted by Gasteiger charge is -2.36. The smallest absolute Gasteiger partial charge is 0.0208 e. The van der Waals surface area contributed by atoms with Crippen molar-refractivity contribution < 1.29 is 0 Å². The van der Waals surface area contributed by atoms with Crippen LogP contribution in [0, 0.1) is 6.92 Å². The lowest BCUT2D eigenvalue weighted by Crippen LogP contribution is -2.39. The second kappa shape index (κ2) is 5.58. The van der Waals surface area contributed by atoms with E-state index in [2.05, 4.69) is 66.8 Å². The van der Waals surface area contributed by atoms with Gasteiger partial charge in [0.1, 0.15) is 0 Å². The molecule has 98 valence electrons. The molecule has 0 heterocycles. The van der Waals surface area contributed by atoms with E-state index in [0.29, 0.717) is 6.04 Å². The maximum Gasteiger partial charge on any atom is 0.0208 e. The molecule has 2 aromatic rings. The molecule has 1 aliphatic carbocycles. The third-order valence-corrected chi connectivity index (χ3v) is 4.09. The van der Waals surface area contributed by atoms with Gasteiger partial charge in [0.25, 0.3) is 0 Å². The molecule has 0 bridgehead atoms. The van der Waals surface area contributed by atoms with Crippen LogP contribution in [0.2, 0.25) is 0 Å². The van der Waals surface area contributed by atoms with Crippen LogP contribution in [-0.2, 0) is 6.54 Å². The summed E-state index contributed by atoms with van der Waals surface area (Å²) >= 11 is 0. The molecule has 0 spiro atoms. The Hall–Kier alpha value is -1.60. The van der Waals surface area contributed by atoms with Crippen molar-refractivity contribution in [2.75, 3.05) is 0 Å². The number of aryl methyl sites for hydroxylation is 1. The highest BCUT2D eigenvalue weighted by molar-refractivity contribution is 5.27. The molecule has 1 nitrogen and oxygen atoms in total. The van der Waals surface area contributed by atoms with Gasteiger partial charge in [0.05, 0.1) is 0 Å². The fourth-order valence-corrected chi connectivity index (χ4v) is 2.84. The van der Waals surface area contributed by atoms with E-state index in [1.54, 1.807) is 0 Å². The van der Waals surface area contributed by atoms with Crippen LogP contribution in [0.3, 0.4) is 0 Å². The summed E-state index contributed by atoms with van der Waals surface area (Å²) in [4.78, 5) is 0. The summed E-state index contributed by atoms with van der Waals surface area (Å²) in [7, 11) is 0. The van der Waals surface area contributed by atoms with Gasteiger partial charge < -0.3 is 5.32 Å². The average Bonchev–Trinajstić information content (AvgIpc) is 2.38. The first-order chi connectivity index (χ1) is 9.31. The minimum Gasteiger partial charge on any atom is -0.310 e. The molecule has 19 heavy (non-hydrogen) atoms. The molecule has 1 fully saturated rings. The van der Waals surface area contributed by atoms with E-state index in [1.165, 1.54) is 29.5 Å². The lowest BCUT2D eigenvalue weighted by atomic mass is 9.75. The van der Waals surface area contributed by atoms with Gasteiger partial charge in [0, 0.05) is 12.6 Å². The summed E-state index contributed by atoms with van der Waals surface area (Å²) in [6, 6.07) is 20.3. The molecule has 1 aliphatic rings. The largest absolute Gasteiger partial charge is 0.310 e. The van der Waals surface area contributed by atoms with Gasteiger partial charge in [-0.15, -0.1) is 0 Å². The minimum absolute atomic E-state index is 0.686. The van der Waals surface area contributed by atoms with Gasteiger partial charge in [0.2, 0.25) is 0 Å². The Morgan fingerprint density at radius 3 is 2.53 bits per heavy atom. The monoisotopic (exact) mass is 251 g/mol. The van der Waals surface area contributed by atoms with Gasteiger partial charge in [0.15, 0.2) is 0 Å². The normalized spacial score (nSPS) is 21.9. The summed E-state index contributed by atoms with van der Waals surface area (Å²) in [5, 5.41) is 3.65. The molecular weight excluding hydrogens is 230 g/mol. The van der Waals surface area contributed by atoms with Crippen LogP contribution >= 0.6 is 0 Å². The quantitative estimate of drug-likeness (QED) is 0.865. The molecule has 0 aromatic heterocycles. The highest BCUT2D eigenvalue weighted by Gasteiger charge is 2.29. The molecule has 0 unspecified atom stereocenters. The van der Waals surface area contributed by atoms with Gasteiger partial charge in [-0.05, 0) is 36.8 Å². The summed E-state index contributed by atoms with van der Waals surface area (Å²) in [6.07, 6.45) is 2.55. The Morgan fingerprint density at radius 1 is 1.00 bits per heavy atom. The van der Waals surface area contributed by atoms with Crippen molar-refractivity contribution in [3.63, 3.8) is 0 Å². The number of nitrogens with one attached hydrogen (secondary N) is 1. The fraction of sp³-hybridized carbons (Fsp3) is 0.333. The zero-order valence-corrected chi connectivity index (χ0v) is 11.5. The van der Waals surface area contributed by atoms with E-state index in [0.717, 1.165) is 12.5 Å². The molecule has 0 amide bonds. The average molecular weight is 251 g/mol. The summed E-state index contributed by atoms with van der Waals surface area (Å²) < 4.78 is 0. The molecule has 3 rings (SSSR count). The first-order valence-corrected chi connectivity index (χ1v) is 7.15. The van der Waals surface area contributed by atoms with Gasteiger partial charge in [-0.2, -0.15) is 0 Å². The molecule has 2 aromatic carbocycles. The maximum absolute atomic E-state index is 3.65. The number of rotatable bonds is 4. The Balaban J connectivity index is 1.48. The van der Waals surface area contributed by atoms with Crippen molar-refractivity contribution in [2.45, 2.75) is 38.3 Å². The molecule has 0 aliphatic heterocycles. The standard InChI is InChI=1S/C18H21N/c1-14-6-5-9-16(10-14)17-11-18(12-17)19-13-15-7-3-2-4-8-15/h2-10,17-19H,11-13H2,1H3. The van der Waals surface area contributed by atoms with Crippen LogP contribution in [0.15, 0.2) is 54.6 Å². The minimum atomic E-state index is 0.686. The molecular formula is C18H21N. The summed E-state index contributed by atoms with van der Waals surface area (Å²) in [6.45, 7) is 3.17. The first-order valence-electron chi connectivity index (χ1n) is 7.15. The fourth-order valence-electron chi connectivity index (χ4n) is 2.84. The highest BCUT2D eigenvalue weighted by Crippen LogP contribution is 2.37. The van der Waals surface area contributed by atoms with Crippen molar-refractivity contribution in [2.24, 2.45) is 0 Å². The molecule has 1 saturated carbocycles. The van der Waals surface area contributed by atoms with Gasteiger partial charge in [-0.1, -0.05) is 60.2 Å². The van der Waals surface area contributed by atoms with Crippen LogP contribution < -0.4 is 5.32 Å². The Bertz CT molecular complexity index is 526. The van der Waals surface area contributed by atoms with Crippen molar-refractivity contribution in [3.05, 3.63) is 71.3 Å². The molecule has 0 atom stereocenters. The van der Waals surface area contributed by atoms with Crippen molar-refractivity contribution in [1.29, 1.82) is 0 Å². The van der Waals surface area contributed by atoms with Crippen molar-refractivity contribution in [1.82, 2.24) is 5.32 Å². The zero-order valence-electron chi connectivity index (χ0n) is 11.5. The van der Waals surface area contributed by atoms with E-state index in [-0.39, 0.29) is 0 Å². The third-order valence-electron chi connectivity index (χ3n) is 4.09. The lowest BCUT2D eigenvalue weighted by molar-refractivity contribution is 0.289. The topological polar surface area (TPSA) is 12.0 Å². The SMILES string of the molecule is Cc1cccc(C2CC(NCc3ccccc3)C2)c1. The molecule has 1 N–H and O–H groups in total. The van der Waals surface area contributed by atoms with E-state index in [4.69, 9.17) is 0 Å². The van der Waals surface area contributed by atoms with Gasteiger partial charge in [-0.3, -0.25) is 0 Å². The molecule has 1 heteroatoms. The Morgan fingerprint density at radius 2 is 1.79 bits per heavy atom. The van der Waals surface area contributed by atoms with E-state index >= 15 is 0 Å². The zero-order chi connectivity index (χ0) is 13.1. The highest BCUT2D eigenvalue weighted by atomic mass is 14.9. The number of benzene rings is 2. The summed E-state index contributed by atoms with van der Waals surface area (Å²) in [5.74, 6) is 0.758. The van der Waals surface area contributed by atoms with Crippen LogP contribution in [-0.4, -0.2) is 6.04 Å². The number of hydrogen-bond acceptors (Lipinski definition) is 1. The van der Waals surface area contributed by atoms with Crippen LogP contribution in [0.25, 0.3) is 0 Å². The Kier molecular flexibility index (Phi) is 3.65. The second-order valence-corrected chi connectivity index (χ2v) is 5.65. The predicted molar refractivity (Wildman–Crippen MR) is 80.2 cm³/mol. The first kappa shape index (κ1) is 12.4. The molecule has 0 saturated heterocycles. The predicted octanol–water partition coefficient (Wildman–Crippen LogP) is 4.03. The third kappa shape index (κ3) is 3.05. The van der Waals surface area contributed by atoms with E-state index in [1.807, 2.05) is 0 Å². The van der Waals surface area contributed by atoms with Crippen LogP contribution in [0.5, 0.6) is 0 Å². The van der Waals surface area contributed by atoms with Crippen LogP contribution in [0.1, 0.15) is 35.4 Å². The van der Waals surface area contributed by atoms with E-state index in [9.17, 15) is 0 Å². The number of hydrogen-bond donors (Lipinski definition) is 1. The second-order valence-electron chi connectivity index (χ2n) is 5.65. The van der Waals surface area contributed by atoms with Gasteiger partial charge >= 0.3 is 0 Å².